The Labute approximate surface area is 132 Å². The fraction of sp³-hybridized carbons (Fsp3) is 0.733. The normalized spacial score (nSPS) is 28.5. The standard InChI is InChI=1S/C15H25N3O3S/c1-16-9-3-6-13(12-16)17(2)22(19,20)18-10-4-7-14(18)15-8-5-11-21-15/h5,8,11,13-14H,3-4,6-7,9-10,12H2,1-2H3. The summed E-state index contributed by atoms with van der Waals surface area (Å²) in [5, 5.41) is 0. The highest BCUT2D eigenvalue weighted by atomic mass is 32.2. The first-order valence-electron chi connectivity index (χ1n) is 7.97. The van der Waals surface area contributed by atoms with E-state index in [-0.39, 0.29) is 12.1 Å². The van der Waals surface area contributed by atoms with Crippen LogP contribution in [0.1, 0.15) is 37.5 Å². The summed E-state index contributed by atoms with van der Waals surface area (Å²) in [6.45, 7) is 2.42. The van der Waals surface area contributed by atoms with E-state index >= 15 is 0 Å². The van der Waals surface area contributed by atoms with Gasteiger partial charge in [0.05, 0.1) is 12.3 Å². The minimum Gasteiger partial charge on any atom is -0.468 e. The minimum absolute atomic E-state index is 0.0570. The Morgan fingerprint density at radius 3 is 2.73 bits per heavy atom. The Morgan fingerprint density at radius 2 is 2.05 bits per heavy atom. The Morgan fingerprint density at radius 1 is 1.27 bits per heavy atom. The van der Waals surface area contributed by atoms with Crippen LogP contribution in [0, 0.1) is 0 Å². The van der Waals surface area contributed by atoms with Crippen molar-refractivity contribution in [1.82, 2.24) is 13.5 Å². The highest BCUT2D eigenvalue weighted by molar-refractivity contribution is 7.86. The molecule has 0 bridgehead atoms. The molecule has 2 aliphatic heterocycles. The lowest BCUT2D eigenvalue weighted by atomic mass is 10.1. The Hall–Kier alpha value is -0.890. The molecule has 2 fully saturated rings. The monoisotopic (exact) mass is 327 g/mol. The van der Waals surface area contributed by atoms with Crippen LogP contribution in [0.4, 0.5) is 0 Å². The van der Waals surface area contributed by atoms with E-state index in [1.807, 2.05) is 19.2 Å². The zero-order chi connectivity index (χ0) is 15.7. The van der Waals surface area contributed by atoms with Gasteiger partial charge in [0.2, 0.25) is 0 Å². The van der Waals surface area contributed by atoms with E-state index < -0.39 is 10.2 Å². The van der Waals surface area contributed by atoms with Gasteiger partial charge in [-0.3, -0.25) is 0 Å². The molecular formula is C15H25N3O3S. The third-order valence-electron chi connectivity index (χ3n) is 4.85. The van der Waals surface area contributed by atoms with Gasteiger partial charge in [-0.1, -0.05) is 0 Å². The van der Waals surface area contributed by atoms with Gasteiger partial charge in [0.25, 0.3) is 10.2 Å². The zero-order valence-electron chi connectivity index (χ0n) is 13.3. The Balaban J connectivity index is 1.79. The fourth-order valence-electron chi connectivity index (χ4n) is 3.57. The number of likely N-dealkylation sites (tertiary alicyclic amines) is 1. The average molecular weight is 327 g/mol. The predicted molar refractivity (Wildman–Crippen MR) is 84.6 cm³/mol. The smallest absolute Gasteiger partial charge is 0.282 e. The van der Waals surface area contributed by atoms with Crippen LogP contribution >= 0.6 is 0 Å². The fourth-order valence-corrected chi connectivity index (χ4v) is 5.34. The van der Waals surface area contributed by atoms with Gasteiger partial charge in [-0.2, -0.15) is 17.0 Å². The number of likely N-dealkylation sites (N-methyl/N-ethyl adjacent to an activating group) is 2. The number of hydrogen-bond acceptors (Lipinski definition) is 4. The van der Waals surface area contributed by atoms with Crippen molar-refractivity contribution in [2.75, 3.05) is 33.7 Å². The number of hydrogen-bond donors (Lipinski definition) is 0. The maximum atomic E-state index is 13.0. The van der Waals surface area contributed by atoms with Crippen LogP contribution in [0.25, 0.3) is 0 Å². The van der Waals surface area contributed by atoms with Gasteiger partial charge in [-0.15, -0.1) is 0 Å². The molecule has 7 heteroatoms. The lowest BCUT2D eigenvalue weighted by molar-refractivity contribution is 0.179. The van der Waals surface area contributed by atoms with Crippen LogP contribution in [0.3, 0.4) is 0 Å². The zero-order valence-corrected chi connectivity index (χ0v) is 14.1. The van der Waals surface area contributed by atoms with E-state index in [4.69, 9.17) is 4.42 Å². The van der Waals surface area contributed by atoms with E-state index in [2.05, 4.69) is 4.90 Å². The van der Waals surface area contributed by atoms with Crippen molar-refractivity contribution >= 4 is 10.2 Å². The van der Waals surface area contributed by atoms with Crippen LogP contribution in [0.15, 0.2) is 22.8 Å². The summed E-state index contributed by atoms with van der Waals surface area (Å²) in [6.07, 6.45) is 5.29. The lowest BCUT2D eigenvalue weighted by Gasteiger charge is -2.37. The van der Waals surface area contributed by atoms with E-state index in [0.29, 0.717) is 6.54 Å². The largest absolute Gasteiger partial charge is 0.468 e. The van der Waals surface area contributed by atoms with Crippen molar-refractivity contribution < 1.29 is 12.8 Å². The number of nitrogens with zero attached hydrogens (tertiary/aromatic N) is 3. The molecule has 6 nitrogen and oxygen atoms in total. The molecule has 2 unspecified atom stereocenters. The molecule has 0 saturated carbocycles. The van der Waals surface area contributed by atoms with Gasteiger partial charge in [0, 0.05) is 26.2 Å². The Bertz CT molecular complexity index is 587. The van der Waals surface area contributed by atoms with Gasteiger partial charge >= 0.3 is 0 Å². The molecule has 2 aliphatic rings. The van der Waals surface area contributed by atoms with Crippen LogP contribution in [-0.2, 0) is 10.2 Å². The molecule has 0 amide bonds. The van der Waals surface area contributed by atoms with Crippen molar-refractivity contribution in [3.8, 4) is 0 Å². The summed E-state index contributed by atoms with van der Waals surface area (Å²) in [5.41, 5.74) is 0. The van der Waals surface area contributed by atoms with E-state index in [9.17, 15) is 8.42 Å². The predicted octanol–water partition coefficient (Wildman–Crippen LogP) is 1.69. The molecular weight excluding hydrogens is 302 g/mol. The van der Waals surface area contributed by atoms with Crippen molar-refractivity contribution in [3.63, 3.8) is 0 Å². The summed E-state index contributed by atoms with van der Waals surface area (Å²) in [7, 11) is 0.312. The number of furan rings is 1. The highest BCUT2D eigenvalue weighted by Gasteiger charge is 2.41. The van der Waals surface area contributed by atoms with Crippen LogP contribution in [0.2, 0.25) is 0 Å². The molecule has 0 spiro atoms. The van der Waals surface area contributed by atoms with Gasteiger partial charge in [0.15, 0.2) is 0 Å². The summed E-state index contributed by atoms with van der Waals surface area (Å²) >= 11 is 0. The third-order valence-corrected chi connectivity index (χ3v) is 6.91. The summed E-state index contributed by atoms with van der Waals surface area (Å²) in [4.78, 5) is 2.20. The maximum absolute atomic E-state index is 13.0. The molecule has 2 atom stereocenters. The lowest BCUT2D eigenvalue weighted by Crippen LogP contribution is -2.51. The average Bonchev–Trinajstić information content (AvgIpc) is 3.16. The molecule has 0 N–H and O–H groups in total. The van der Waals surface area contributed by atoms with Crippen molar-refractivity contribution in [3.05, 3.63) is 24.2 Å². The van der Waals surface area contributed by atoms with Gasteiger partial charge in [-0.05, 0) is 51.4 Å². The van der Waals surface area contributed by atoms with Crippen LogP contribution in [0.5, 0.6) is 0 Å². The molecule has 0 aromatic carbocycles. The molecule has 2 saturated heterocycles. The van der Waals surface area contributed by atoms with Crippen molar-refractivity contribution in [2.45, 2.75) is 37.8 Å². The summed E-state index contributed by atoms with van der Waals surface area (Å²) in [5.74, 6) is 0.746. The minimum atomic E-state index is -3.46. The molecule has 0 radical (unpaired) electrons. The van der Waals surface area contributed by atoms with Gasteiger partial charge in [-0.25, -0.2) is 0 Å². The van der Waals surface area contributed by atoms with Crippen LogP contribution in [-0.4, -0.2) is 61.7 Å². The second-order valence-electron chi connectivity index (χ2n) is 6.37. The Kier molecular flexibility index (Phi) is 4.59. The second kappa shape index (κ2) is 6.31. The van der Waals surface area contributed by atoms with Crippen molar-refractivity contribution in [2.24, 2.45) is 0 Å². The third kappa shape index (κ3) is 2.95. The first-order chi connectivity index (χ1) is 10.5. The van der Waals surface area contributed by atoms with E-state index in [1.165, 1.54) is 0 Å². The molecule has 1 aromatic rings. The molecule has 1 aromatic heterocycles. The summed E-state index contributed by atoms with van der Waals surface area (Å²) < 4.78 is 34.7. The van der Waals surface area contributed by atoms with Crippen LogP contribution < -0.4 is 0 Å². The second-order valence-corrected chi connectivity index (χ2v) is 8.31. The molecule has 124 valence electrons. The first kappa shape index (κ1) is 16.0. The maximum Gasteiger partial charge on any atom is 0.282 e. The topological polar surface area (TPSA) is 57.0 Å². The molecule has 0 aliphatic carbocycles. The quantitative estimate of drug-likeness (QED) is 0.844. The highest BCUT2D eigenvalue weighted by Crippen LogP contribution is 2.36. The summed E-state index contributed by atoms with van der Waals surface area (Å²) in [6, 6.07) is 3.58. The first-order valence-corrected chi connectivity index (χ1v) is 9.36. The number of rotatable bonds is 4. The van der Waals surface area contributed by atoms with E-state index in [1.54, 1.807) is 21.9 Å². The van der Waals surface area contributed by atoms with E-state index in [0.717, 1.165) is 44.5 Å². The van der Waals surface area contributed by atoms with Gasteiger partial charge in [0.1, 0.15) is 5.76 Å². The SMILES string of the molecule is CN1CCCC(N(C)S(=O)(=O)N2CCCC2c2ccco2)C1. The number of piperidine rings is 1. The molecule has 3 heterocycles. The molecule has 22 heavy (non-hydrogen) atoms. The van der Waals surface area contributed by atoms with Gasteiger partial charge < -0.3 is 9.32 Å². The van der Waals surface area contributed by atoms with Crippen molar-refractivity contribution in [1.29, 1.82) is 0 Å². The molecule has 3 rings (SSSR count).